The Morgan fingerprint density at radius 3 is 1.50 bits per heavy atom. The molecule has 0 bridgehead atoms. The van der Waals surface area contributed by atoms with E-state index in [4.69, 9.17) is 0 Å². The maximum absolute atomic E-state index is 10.7. The Bertz CT molecular complexity index is 240. The van der Waals surface area contributed by atoms with Crippen LogP contribution in [-0.2, 0) is 0 Å². The summed E-state index contributed by atoms with van der Waals surface area (Å²) in [5, 5.41) is 0. The average molecular weight is 247 g/mol. The summed E-state index contributed by atoms with van der Waals surface area (Å²) in [5.41, 5.74) is 0. The summed E-state index contributed by atoms with van der Waals surface area (Å²) in [4.78, 5) is 21.5. The van der Waals surface area contributed by atoms with Crippen molar-refractivity contribution < 1.29 is 9.79 Å². The van der Waals surface area contributed by atoms with Gasteiger partial charge in [0, 0.05) is 0 Å². The summed E-state index contributed by atoms with van der Waals surface area (Å²) in [6, 6.07) is 0.153. The second-order valence-electron chi connectivity index (χ2n) is 4.85. The fraction of sp³-hybridized carbons (Fsp3) is 0.667. The molecule has 3 nitrogen and oxygen atoms in total. The average Bonchev–Trinajstić information content (AvgIpc) is 2.00. The van der Waals surface area contributed by atoms with E-state index in [2.05, 4.69) is 13.2 Å². The number of hydrogen-bond donors (Lipinski definition) is 2. The number of rotatable bonds is 7. The van der Waals surface area contributed by atoms with Gasteiger partial charge in [-0.2, -0.15) is 0 Å². The van der Waals surface area contributed by atoms with Crippen LogP contribution in [0.1, 0.15) is 27.7 Å². The van der Waals surface area contributed by atoms with Crippen molar-refractivity contribution in [2.45, 2.75) is 39.8 Å². The number of allylic oxidation sites excluding steroid dienone is 2. The van der Waals surface area contributed by atoms with Crippen molar-refractivity contribution in [2.75, 3.05) is 12.3 Å². The van der Waals surface area contributed by atoms with Crippen LogP contribution < -0.4 is 0 Å². The van der Waals surface area contributed by atoms with E-state index in [1.165, 1.54) is 0 Å². The number of hydrogen-bond acceptors (Lipinski definition) is 3. The summed E-state index contributed by atoms with van der Waals surface area (Å²) >= 11 is 0. The van der Waals surface area contributed by atoms with Gasteiger partial charge in [-0.15, -0.1) is 0 Å². The first-order valence-corrected chi connectivity index (χ1v) is 8.16. The molecule has 0 rings (SSSR count). The minimum absolute atomic E-state index is 0.0765. The Morgan fingerprint density at radius 1 is 1.00 bits per heavy atom. The van der Waals surface area contributed by atoms with Crippen molar-refractivity contribution in [3.63, 3.8) is 0 Å². The summed E-state index contributed by atoms with van der Waals surface area (Å²) < 4.78 is 1.81. The molecule has 0 spiro atoms. The van der Waals surface area contributed by atoms with E-state index >= 15 is 0 Å². The van der Waals surface area contributed by atoms with Crippen molar-refractivity contribution >= 4 is 7.21 Å². The summed E-state index contributed by atoms with van der Waals surface area (Å²) in [6.07, 6.45) is 3.60. The van der Waals surface area contributed by atoms with E-state index in [-0.39, 0.29) is 24.4 Å². The first-order chi connectivity index (χ1) is 7.18. The van der Waals surface area contributed by atoms with Crippen LogP contribution in [0.25, 0.3) is 0 Å². The fourth-order valence-electron chi connectivity index (χ4n) is 2.45. The first-order valence-electron chi connectivity index (χ1n) is 5.69. The Morgan fingerprint density at radius 2 is 1.31 bits per heavy atom. The van der Waals surface area contributed by atoms with Gasteiger partial charge >= 0.3 is 99.1 Å². The molecule has 0 amide bonds. The van der Waals surface area contributed by atoms with Crippen LogP contribution in [0.2, 0.25) is 0 Å². The molecule has 0 aromatic rings. The van der Waals surface area contributed by atoms with E-state index in [9.17, 15) is 9.79 Å². The van der Waals surface area contributed by atoms with Crippen molar-refractivity contribution in [1.82, 2.24) is 4.67 Å². The van der Waals surface area contributed by atoms with Crippen LogP contribution in [0.3, 0.4) is 0 Å². The zero-order valence-electron chi connectivity index (χ0n) is 10.9. The molecule has 2 N–H and O–H groups in total. The molecule has 0 unspecified atom stereocenters. The van der Waals surface area contributed by atoms with E-state index in [1.54, 1.807) is 12.2 Å². The second-order valence-corrected chi connectivity index (χ2v) is 8.72. The van der Waals surface area contributed by atoms with Crippen molar-refractivity contribution in [3.05, 3.63) is 25.3 Å². The fourth-order valence-corrected chi connectivity index (χ4v) is 6.17. The van der Waals surface area contributed by atoms with E-state index in [0.29, 0.717) is 0 Å². The van der Waals surface area contributed by atoms with Crippen LogP contribution in [0, 0.1) is 0 Å². The van der Waals surface area contributed by atoms with Crippen LogP contribution in [-0.4, -0.2) is 38.9 Å². The van der Waals surface area contributed by atoms with E-state index in [0.717, 1.165) is 0 Å². The normalized spacial score (nSPS) is 15.2. The molecule has 0 fully saturated rings. The Labute approximate surface area is 99.6 Å². The van der Waals surface area contributed by atoms with Gasteiger partial charge in [-0.1, -0.05) is 0 Å². The molecule has 0 aliphatic heterocycles. The molecule has 0 aliphatic rings. The third-order valence-corrected chi connectivity index (χ3v) is 6.60. The van der Waals surface area contributed by atoms with Gasteiger partial charge in [0.15, 0.2) is 0 Å². The molecular weight excluding hydrogens is 221 g/mol. The zero-order valence-corrected chi connectivity index (χ0v) is 11.8. The first kappa shape index (κ1) is 15.8. The van der Waals surface area contributed by atoms with E-state index < -0.39 is 7.21 Å². The van der Waals surface area contributed by atoms with Crippen LogP contribution in [0.5, 0.6) is 0 Å². The van der Waals surface area contributed by atoms with Gasteiger partial charge in [0.25, 0.3) is 0 Å². The third kappa shape index (κ3) is 3.39. The van der Waals surface area contributed by atoms with Gasteiger partial charge in [-0.05, 0) is 0 Å². The molecule has 0 aliphatic carbocycles. The Kier molecular flexibility index (Phi) is 5.34. The van der Waals surface area contributed by atoms with Crippen molar-refractivity contribution in [2.24, 2.45) is 0 Å². The Hall–Kier alpha value is -0.210. The van der Waals surface area contributed by atoms with Gasteiger partial charge in [-0.3, -0.25) is 0 Å². The van der Waals surface area contributed by atoms with Crippen LogP contribution in [0.15, 0.2) is 25.3 Å². The molecular formula is C12H26NO2P. The van der Waals surface area contributed by atoms with Crippen LogP contribution >= 0.6 is 7.21 Å². The van der Waals surface area contributed by atoms with Crippen molar-refractivity contribution in [3.8, 4) is 0 Å². The molecule has 0 aromatic carbocycles. The van der Waals surface area contributed by atoms with Gasteiger partial charge < -0.3 is 0 Å². The monoisotopic (exact) mass is 247 g/mol. The van der Waals surface area contributed by atoms with Gasteiger partial charge in [-0.25, -0.2) is 0 Å². The standard InChI is InChI=1S/C12H26NO2P/c1-7-9-16(14,15,10-8-2)13(11(3)4)12(5)6/h7-8,11-12,14-15H,1-2,9-10H2,3-6H3. The second kappa shape index (κ2) is 5.42. The molecule has 96 valence electrons. The SMILES string of the molecule is C=CCP(O)(O)(CC=C)N(C(C)C)C(C)C. The minimum atomic E-state index is -3.89. The molecule has 0 radical (unpaired) electrons. The van der Waals surface area contributed by atoms with E-state index in [1.807, 2.05) is 32.4 Å². The third-order valence-electron chi connectivity index (χ3n) is 2.60. The predicted molar refractivity (Wildman–Crippen MR) is 73.6 cm³/mol. The number of nitrogens with zero attached hydrogens (tertiary/aromatic N) is 1. The molecule has 0 aromatic heterocycles. The molecule has 4 heteroatoms. The van der Waals surface area contributed by atoms with Crippen molar-refractivity contribution in [1.29, 1.82) is 0 Å². The molecule has 0 atom stereocenters. The molecule has 0 saturated heterocycles. The molecule has 0 heterocycles. The van der Waals surface area contributed by atoms with Gasteiger partial charge in [0.1, 0.15) is 0 Å². The zero-order chi connectivity index (χ0) is 13.0. The Balaban J connectivity index is 5.43. The maximum atomic E-state index is 10.7. The van der Waals surface area contributed by atoms with Gasteiger partial charge in [0.05, 0.1) is 0 Å². The molecule has 0 saturated carbocycles. The topological polar surface area (TPSA) is 43.7 Å². The van der Waals surface area contributed by atoms with Gasteiger partial charge in [0.2, 0.25) is 0 Å². The molecule has 16 heavy (non-hydrogen) atoms. The van der Waals surface area contributed by atoms with Crippen LogP contribution in [0.4, 0.5) is 0 Å². The quantitative estimate of drug-likeness (QED) is 0.537. The summed E-state index contributed by atoms with van der Waals surface area (Å²) in [5.74, 6) is 0. The summed E-state index contributed by atoms with van der Waals surface area (Å²) in [7, 11) is -3.89. The summed E-state index contributed by atoms with van der Waals surface area (Å²) in [6.45, 7) is 15.1. The predicted octanol–water partition coefficient (Wildman–Crippen LogP) is 2.76.